The summed E-state index contributed by atoms with van der Waals surface area (Å²) in [5.41, 5.74) is 13.8. The Morgan fingerprint density at radius 3 is 2.22 bits per heavy atom. The van der Waals surface area contributed by atoms with Crippen LogP contribution in [0, 0.1) is 12.3 Å². The minimum Gasteiger partial charge on any atom is -0.403 e. The van der Waals surface area contributed by atoms with E-state index in [0.717, 1.165) is 0 Å². The second kappa shape index (κ2) is 13.5. The summed E-state index contributed by atoms with van der Waals surface area (Å²) in [6.07, 6.45) is 3.91. The average Bonchev–Trinajstić information content (AvgIpc) is 3.33. The first-order valence-corrected chi connectivity index (χ1v) is 12.4. The highest BCUT2D eigenvalue weighted by molar-refractivity contribution is 5.92. The summed E-state index contributed by atoms with van der Waals surface area (Å²) in [7, 11) is 0. The van der Waals surface area contributed by atoms with E-state index < -0.39 is 23.4 Å². The van der Waals surface area contributed by atoms with E-state index in [1.807, 2.05) is 26.8 Å². The van der Waals surface area contributed by atoms with E-state index in [1.54, 1.807) is 0 Å². The van der Waals surface area contributed by atoms with Gasteiger partial charge in [0.05, 0.1) is 6.54 Å². The first kappa shape index (κ1) is 29.4. The molecular weight excluding hydrogens is 468 g/mol. The minimum atomic E-state index is -0.679. The number of benzene rings is 2. The molecule has 2 aromatic carbocycles. The third kappa shape index (κ3) is 8.64. The number of carbonyl (C=O) groups is 3. The van der Waals surface area contributed by atoms with Crippen molar-refractivity contribution in [2.24, 2.45) is 22.7 Å². The van der Waals surface area contributed by atoms with Crippen molar-refractivity contribution < 1.29 is 14.4 Å². The number of rotatable bonds is 7. The Kier molecular flexibility index (Phi) is 10.7. The number of amides is 3. The number of primary amides is 1. The van der Waals surface area contributed by atoms with E-state index in [1.165, 1.54) is 39.0 Å². The normalized spacial score (nSPS) is 16.0. The van der Waals surface area contributed by atoms with Crippen molar-refractivity contribution in [3.8, 4) is 11.1 Å². The molecule has 9 heteroatoms. The van der Waals surface area contributed by atoms with Gasteiger partial charge in [0.2, 0.25) is 17.7 Å². The summed E-state index contributed by atoms with van der Waals surface area (Å²) < 4.78 is 0. The fourth-order valence-corrected chi connectivity index (χ4v) is 4.26. The summed E-state index contributed by atoms with van der Waals surface area (Å²) in [5, 5.41) is 3.72. The first-order chi connectivity index (χ1) is 17.5. The molecule has 2 aromatic rings. The van der Waals surface area contributed by atoms with Crippen molar-refractivity contribution in [1.29, 1.82) is 0 Å². The third-order valence-corrected chi connectivity index (χ3v) is 6.04. The van der Waals surface area contributed by atoms with Gasteiger partial charge < -0.3 is 26.7 Å². The Hall–Kier alpha value is -3.85. The molecule has 1 heterocycles. The van der Waals surface area contributed by atoms with Crippen LogP contribution in [0.15, 0.2) is 67.0 Å². The van der Waals surface area contributed by atoms with Crippen LogP contribution < -0.4 is 22.6 Å². The van der Waals surface area contributed by atoms with Crippen molar-refractivity contribution in [1.82, 2.24) is 15.2 Å². The van der Waals surface area contributed by atoms with E-state index in [2.05, 4.69) is 60.8 Å². The number of nitrogens with one attached hydrogen (secondary N) is 1. The van der Waals surface area contributed by atoms with E-state index in [-0.39, 0.29) is 18.4 Å². The molecule has 0 aliphatic carbocycles. The molecule has 1 saturated heterocycles. The molecule has 0 saturated carbocycles. The van der Waals surface area contributed by atoms with E-state index in [4.69, 9.17) is 17.3 Å². The zero-order valence-electron chi connectivity index (χ0n) is 22.2. The maximum absolute atomic E-state index is 13.0. The zero-order valence-corrected chi connectivity index (χ0v) is 22.2. The Bertz CT molecular complexity index is 1060. The zero-order chi connectivity index (χ0) is 27.6. The summed E-state index contributed by atoms with van der Waals surface area (Å²) in [6, 6.07) is 17.7. The Labute approximate surface area is 219 Å². The highest BCUT2D eigenvalue weighted by Crippen LogP contribution is 2.28. The van der Waals surface area contributed by atoms with Crippen LogP contribution in [-0.2, 0) is 14.4 Å². The average molecular weight is 509 g/mol. The lowest BCUT2D eigenvalue weighted by Gasteiger charge is -2.39. The lowest BCUT2D eigenvalue weighted by atomic mass is 9.85. The van der Waals surface area contributed by atoms with Crippen molar-refractivity contribution in [2.45, 2.75) is 52.6 Å². The lowest BCUT2D eigenvalue weighted by Crippen LogP contribution is -2.58. The molecule has 1 aliphatic rings. The number of hydrogen-bond acceptors (Lipinski definition) is 6. The fourth-order valence-electron chi connectivity index (χ4n) is 4.26. The Morgan fingerprint density at radius 1 is 1.08 bits per heavy atom. The summed E-state index contributed by atoms with van der Waals surface area (Å²) >= 11 is 0. The predicted octanol–water partition coefficient (Wildman–Crippen LogP) is 2.26. The standard InChI is InChI=1S/C15H28N6O3.C13H12/c1-15(2,3)12(21(18)8-6-16)14(24)20-7-4-5-10(20)13(23)19-9-11(17)22;1-11-7-9-13(10-8-11)12-5-3-2-4-6-12/h6,8,10,12H,4-5,7,9,16,18H2,1-3H3,(H2,17,22)(H,19,23);2-10H,1H3/b8-6-;. The van der Waals surface area contributed by atoms with Crippen LogP contribution in [0.5, 0.6) is 0 Å². The molecule has 1 fully saturated rings. The van der Waals surface area contributed by atoms with Gasteiger partial charge >= 0.3 is 0 Å². The third-order valence-electron chi connectivity index (χ3n) is 6.04. The molecule has 0 aromatic heterocycles. The molecule has 3 rings (SSSR count). The SMILES string of the molecule is CC(C)(C)C(C(=O)N1CCCC1C(=O)NCC(N)=O)N(N)/C=C\N.Cc1ccc(-c2ccccc2)cc1. The van der Waals surface area contributed by atoms with Crippen LogP contribution in [-0.4, -0.2) is 52.8 Å². The molecule has 7 N–H and O–H groups in total. The molecule has 1 aliphatic heterocycles. The topological polar surface area (TPSA) is 148 Å². The maximum atomic E-state index is 13.0. The summed E-state index contributed by atoms with van der Waals surface area (Å²) in [4.78, 5) is 37.6. The smallest absolute Gasteiger partial charge is 0.248 e. The highest BCUT2D eigenvalue weighted by Gasteiger charge is 2.42. The molecule has 3 amide bonds. The van der Waals surface area contributed by atoms with E-state index in [9.17, 15) is 14.4 Å². The van der Waals surface area contributed by atoms with Gasteiger partial charge in [-0.25, -0.2) is 5.84 Å². The number of hydrazine groups is 1. The molecular formula is C28H40N6O3. The van der Waals surface area contributed by atoms with Gasteiger partial charge in [-0.2, -0.15) is 0 Å². The van der Waals surface area contributed by atoms with Gasteiger partial charge in [-0.1, -0.05) is 80.9 Å². The first-order valence-electron chi connectivity index (χ1n) is 12.4. The largest absolute Gasteiger partial charge is 0.403 e. The summed E-state index contributed by atoms with van der Waals surface area (Å²) in [6.45, 7) is 7.97. The Balaban J connectivity index is 0.000000308. The monoisotopic (exact) mass is 508 g/mol. The minimum absolute atomic E-state index is 0.250. The lowest BCUT2D eigenvalue weighted by molar-refractivity contribution is -0.145. The van der Waals surface area contributed by atoms with Crippen LogP contribution in [0.2, 0.25) is 0 Å². The second-order valence-electron chi connectivity index (χ2n) is 10.2. The van der Waals surface area contributed by atoms with Crippen molar-refractivity contribution in [2.75, 3.05) is 13.1 Å². The number of carbonyl (C=O) groups excluding carboxylic acids is 3. The predicted molar refractivity (Wildman–Crippen MR) is 146 cm³/mol. The number of aryl methyl sites for hydroxylation is 1. The van der Waals surface area contributed by atoms with E-state index >= 15 is 0 Å². The number of hydrogen-bond donors (Lipinski definition) is 4. The molecule has 37 heavy (non-hydrogen) atoms. The van der Waals surface area contributed by atoms with E-state index in [0.29, 0.717) is 19.4 Å². The van der Waals surface area contributed by atoms with Crippen molar-refractivity contribution >= 4 is 17.7 Å². The molecule has 0 spiro atoms. The quantitative estimate of drug-likeness (QED) is 0.333. The van der Waals surface area contributed by atoms with Gasteiger partial charge in [0.1, 0.15) is 12.1 Å². The summed E-state index contributed by atoms with van der Waals surface area (Å²) in [5.74, 6) is 4.69. The van der Waals surface area contributed by atoms with Gasteiger partial charge in [-0.3, -0.25) is 14.4 Å². The fraction of sp³-hybridized carbons (Fsp3) is 0.393. The van der Waals surface area contributed by atoms with Crippen molar-refractivity contribution in [3.05, 3.63) is 72.6 Å². The Morgan fingerprint density at radius 2 is 1.68 bits per heavy atom. The second-order valence-corrected chi connectivity index (χ2v) is 10.2. The molecule has 0 bridgehead atoms. The molecule has 9 nitrogen and oxygen atoms in total. The van der Waals surface area contributed by atoms with Crippen LogP contribution in [0.3, 0.4) is 0 Å². The van der Waals surface area contributed by atoms with Crippen LogP contribution >= 0.6 is 0 Å². The van der Waals surface area contributed by atoms with Gasteiger partial charge in [0.25, 0.3) is 0 Å². The van der Waals surface area contributed by atoms with Crippen molar-refractivity contribution in [3.63, 3.8) is 0 Å². The van der Waals surface area contributed by atoms with Crippen LogP contribution in [0.1, 0.15) is 39.2 Å². The van der Waals surface area contributed by atoms with Gasteiger partial charge in [-0.05, 0) is 36.3 Å². The van der Waals surface area contributed by atoms with Gasteiger partial charge in [0, 0.05) is 18.9 Å². The molecule has 2 atom stereocenters. The van der Waals surface area contributed by atoms with Crippen LogP contribution in [0.25, 0.3) is 11.1 Å². The van der Waals surface area contributed by atoms with Gasteiger partial charge in [-0.15, -0.1) is 0 Å². The van der Waals surface area contributed by atoms with Gasteiger partial charge in [0.15, 0.2) is 0 Å². The number of nitrogens with two attached hydrogens (primary N) is 3. The maximum Gasteiger partial charge on any atom is 0.248 e. The molecule has 0 radical (unpaired) electrons. The molecule has 2 unspecified atom stereocenters. The number of likely N-dealkylation sites (tertiary alicyclic amines) is 1. The van der Waals surface area contributed by atoms with Crippen LogP contribution in [0.4, 0.5) is 0 Å². The highest BCUT2D eigenvalue weighted by atomic mass is 16.2. The number of nitrogens with zero attached hydrogens (tertiary/aromatic N) is 2. The molecule has 200 valence electrons.